The third kappa shape index (κ3) is 2.69. The highest BCUT2D eigenvalue weighted by molar-refractivity contribution is 5.85. The van der Waals surface area contributed by atoms with Crippen molar-refractivity contribution in [1.82, 2.24) is 24.8 Å². The maximum absolute atomic E-state index is 13.1. The molecule has 0 bridgehead atoms. The van der Waals surface area contributed by atoms with Crippen molar-refractivity contribution in [3.63, 3.8) is 0 Å². The number of carbonyl (C=O) groups is 1. The smallest absolute Gasteiger partial charge is 0.153 e. The molecule has 6 nitrogen and oxygen atoms in total. The van der Waals surface area contributed by atoms with Crippen LogP contribution in [0.3, 0.4) is 0 Å². The van der Waals surface area contributed by atoms with E-state index in [1.165, 1.54) is 12.1 Å². The van der Waals surface area contributed by atoms with E-state index in [1.54, 1.807) is 27.7 Å². The van der Waals surface area contributed by atoms with E-state index < -0.39 is 0 Å². The predicted octanol–water partition coefficient (Wildman–Crippen LogP) is 3.38. The number of carbonyl (C=O) groups excluding carboxylic acids is 1. The number of para-hydroxylation sites is 1. The van der Waals surface area contributed by atoms with Gasteiger partial charge in [0.2, 0.25) is 0 Å². The summed E-state index contributed by atoms with van der Waals surface area (Å²) < 4.78 is 16.4. The Bertz CT molecular complexity index is 1070. The maximum Gasteiger partial charge on any atom is 0.153 e. The van der Waals surface area contributed by atoms with Crippen LogP contribution in [-0.2, 0) is 0 Å². The van der Waals surface area contributed by atoms with Crippen molar-refractivity contribution >= 4 is 6.29 Å². The lowest BCUT2D eigenvalue weighted by molar-refractivity contribution is 0.112. The van der Waals surface area contributed by atoms with E-state index in [-0.39, 0.29) is 5.82 Å². The minimum Gasteiger partial charge on any atom is -0.298 e. The molecule has 26 heavy (non-hydrogen) atoms. The number of halogens is 1. The molecule has 2 heterocycles. The van der Waals surface area contributed by atoms with Crippen LogP contribution in [-0.4, -0.2) is 31.1 Å². The number of benzene rings is 2. The molecule has 0 saturated carbocycles. The lowest BCUT2D eigenvalue weighted by atomic mass is 10.2. The van der Waals surface area contributed by atoms with Gasteiger partial charge in [0, 0.05) is 6.20 Å². The topological polar surface area (TPSA) is 65.6 Å². The second kappa shape index (κ2) is 6.36. The Hall–Kier alpha value is -3.61. The molecule has 0 N–H and O–H groups in total. The van der Waals surface area contributed by atoms with Crippen molar-refractivity contribution < 1.29 is 9.18 Å². The number of rotatable bonds is 4. The summed E-state index contributed by atoms with van der Waals surface area (Å²) in [4.78, 5) is 11.5. The van der Waals surface area contributed by atoms with Gasteiger partial charge < -0.3 is 0 Å². The zero-order valence-corrected chi connectivity index (χ0v) is 13.9. The predicted molar refractivity (Wildman–Crippen MR) is 94.0 cm³/mol. The molecule has 4 rings (SSSR count). The van der Waals surface area contributed by atoms with Gasteiger partial charge in [0.25, 0.3) is 0 Å². The lowest BCUT2D eigenvalue weighted by Crippen LogP contribution is -1.99. The second-order valence-electron chi connectivity index (χ2n) is 5.74. The molecule has 0 atom stereocenters. The fourth-order valence-corrected chi connectivity index (χ4v) is 2.75. The average Bonchev–Trinajstić information content (AvgIpc) is 3.26. The van der Waals surface area contributed by atoms with Gasteiger partial charge in [0.1, 0.15) is 17.2 Å². The Labute approximate surface area is 148 Å². The van der Waals surface area contributed by atoms with Gasteiger partial charge in [-0.25, -0.2) is 13.8 Å². The normalized spacial score (nSPS) is 10.8. The highest BCUT2D eigenvalue weighted by atomic mass is 19.1. The highest BCUT2D eigenvalue weighted by Gasteiger charge is 2.19. The molecule has 2 aromatic carbocycles. The molecule has 0 aliphatic heterocycles. The van der Waals surface area contributed by atoms with Gasteiger partial charge >= 0.3 is 0 Å². The summed E-state index contributed by atoms with van der Waals surface area (Å²) in [6.45, 7) is 1.83. The quantitative estimate of drug-likeness (QED) is 0.531. The van der Waals surface area contributed by atoms with E-state index in [4.69, 9.17) is 0 Å². The molecule has 0 radical (unpaired) electrons. The average molecular weight is 347 g/mol. The Morgan fingerprint density at radius 1 is 0.962 bits per heavy atom. The molecule has 2 aromatic heterocycles. The molecular weight excluding hydrogens is 333 g/mol. The second-order valence-corrected chi connectivity index (χ2v) is 5.74. The molecular formula is C19H14FN5O. The number of hydrogen-bond donors (Lipinski definition) is 0. The van der Waals surface area contributed by atoms with Crippen molar-refractivity contribution in [2.24, 2.45) is 0 Å². The summed E-state index contributed by atoms with van der Waals surface area (Å²) in [5, 5.41) is 12.8. The van der Waals surface area contributed by atoms with Gasteiger partial charge in [0.15, 0.2) is 6.29 Å². The van der Waals surface area contributed by atoms with Gasteiger partial charge in [-0.2, -0.15) is 5.10 Å². The van der Waals surface area contributed by atoms with E-state index in [2.05, 4.69) is 15.4 Å². The summed E-state index contributed by atoms with van der Waals surface area (Å²) >= 11 is 0. The maximum atomic E-state index is 13.1. The van der Waals surface area contributed by atoms with Crippen LogP contribution in [0.2, 0.25) is 0 Å². The minimum absolute atomic E-state index is 0.323. The van der Waals surface area contributed by atoms with Gasteiger partial charge in [-0.05, 0) is 43.3 Å². The fourth-order valence-electron chi connectivity index (χ4n) is 2.75. The first-order chi connectivity index (χ1) is 12.7. The van der Waals surface area contributed by atoms with Crippen molar-refractivity contribution in [3.05, 3.63) is 77.9 Å². The van der Waals surface area contributed by atoms with Crippen LogP contribution in [0.1, 0.15) is 16.1 Å². The molecule has 7 heteroatoms. The summed E-state index contributed by atoms with van der Waals surface area (Å²) in [5.41, 5.74) is 3.60. The van der Waals surface area contributed by atoms with E-state index in [0.29, 0.717) is 28.3 Å². The molecule has 0 fully saturated rings. The first-order valence-electron chi connectivity index (χ1n) is 7.96. The standard InChI is InChI=1S/C19H14FN5O/c1-13-18(21-23-25(13)17-9-7-15(20)8-10-17)19-14(12-26)11-24(22-19)16-5-3-2-4-6-16/h2-12H,1H3. The Kier molecular flexibility index (Phi) is 3.89. The first-order valence-corrected chi connectivity index (χ1v) is 7.96. The monoisotopic (exact) mass is 347 g/mol. The van der Waals surface area contributed by atoms with Crippen molar-refractivity contribution in [2.45, 2.75) is 6.92 Å². The van der Waals surface area contributed by atoms with E-state index in [1.807, 2.05) is 37.3 Å². The first kappa shape index (κ1) is 15.9. The van der Waals surface area contributed by atoms with Crippen molar-refractivity contribution in [2.75, 3.05) is 0 Å². The SMILES string of the molecule is Cc1c(-c2nn(-c3ccccc3)cc2C=O)nnn1-c1ccc(F)cc1. The molecule has 4 aromatic rings. The highest BCUT2D eigenvalue weighted by Crippen LogP contribution is 2.25. The summed E-state index contributed by atoms with van der Waals surface area (Å²) in [6.07, 6.45) is 2.41. The summed E-state index contributed by atoms with van der Waals surface area (Å²) in [5.74, 6) is -0.323. The molecule has 0 amide bonds. The Morgan fingerprint density at radius 3 is 2.38 bits per heavy atom. The fraction of sp³-hybridized carbons (Fsp3) is 0.0526. The Balaban J connectivity index is 1.80. The molecule has 0 saturated heterocycles. The van der Waals surface area contributed by atoms with Crippen LogP contribution in [0.5, 0.6) is 0 Å². The van der Waals surface area contributed by atoms with Crippen LogP contribution in [0.15, 0.2) is 60.8 Å². The van der Waals surface area contributed by atoms with E-state index >= 15 is 0 Å². The van der Waals surface area contributed by atoms with E-state index in [0.717, 1.165) is 12.0 Å². The molecule has 0 unspecified atom stereocenters. The van der Waals surface area contributed by atoms with Gasteiger partial charge in [-0.1, -0.05) is 23.4 Å². The van der Waals surface area contributed by atoms with Crippen LogP contribution >= 0.6 is 0 Å². The van der Waals surface area contributed by atoms with Crippen molar-refractivity contribution in [1.29, 1.82) is 0 Å². The van der Waals surface area contributed by atoms with Crippen LogP contribution in [0.4, 0.5) is 4.39 Å². The number of aromatic nitrogens is 5. The molecule has 0 spiro atoms. The number of hydrogen-bond acceptors (Lipinski definition) is 4. The third-order valence-corrected chi connectivity index (χ3v) is 4.08. The van der Waals surface area contributed by atoms with Crippen LogP contribution in [0.25, 0.3) is 22.8 Å². The van der Waals surface area contributed by atoms with Gasteiger partial charge in [-0.15, -0.1) is 5.10 Å². The minimum atomic E-state index is -0.323. The number of nitrogens with zero attached hydrogens (tertiary/aromatic N) is 5. The summed E-state index contributed by atoms with van der Waals surface area (Å²) in [6, 6.07) is 15.4. The van der Waals surface area contributed by atoms with Crippen LogP contribution < -0.4 is 0 Å². The molecule has 0 aliphatic carbocycles. The molecule has 128 valence electrons. The summed E-state index contributed by atoms with van der Waals surface area (Å²) in [7, 11) is 0. The zero-order valence-electron chi connectivity index (χ0n) is 13.9. The van der Waals surface area contributed by atoms with Gasteiger partial charge in [-0.3, -0.25) is 4.79 Å². The lowest BCUT2D eigenvalue weighted by Gasteiger charge is -2.03. The largest absolute Gasteiger partial charge is 0.298 e. The Morgan fingerprint density at radius 2 is 1.69 bits per heavy atom. The third-order valence-electron chi connectivity index (χ3n) is 4.08. The molecule has 0 aliphatic rings. The van der Waals surface area contributed by atoms with E-state index in [9.17, 15) is 9.18 Å². The van der Waals surface area contributed by atoms with Crippen molar-refractivity contribution in [3.8, 4) is 22.8 Å². The number of aldehydes is 1. The van der Waals surface area contributed by atoms with Gasteiger partial charge in [0.05, 0.1) is 22.6 Å². The zero-order chi connectivity index (χ0) is 18.1. The van der Waals surface area contributed by atoms with Crippen LogP contribution in [0, 0.1) is 12.7 Å².